The molecule has 0 atom stereocenters. The molecule has 0 amide bonds. The molecule has 2 aromatic rings. The summed E-state index contributed by atoms with van der Waals surface area (Å²) in [7, 11) is 1.96. The summed E-state index contributed by atoms with van der Waals surface area (Å²) in [6.45, 7) is 4.11. The second-order valence-corrected chi connectivity index (χ2v) is 6.64. The molecule has 0 spiro atoms. The van der Waals surface area contributed by atoms with Crippen molar-refractivity contribution < 1.29 is 0 Å². The lowest BCUT2D eigenvalue weighted by Crippen LogP contribution is -2.39. The van der Waals surface area contributed by atoms with Crippen molar-refractivity contribution in [1.82, 2.24) is 30.4 Å². The number of pyridine rings is 1. The summed E-state index contributed by atoms with van der Waals surface area (Å²) in [6.07, 6.45) is 5.90. The van der Waals surface area contributed by atoms with E-state index in [2.05, 4.69) is 37.1 Å². The quantitative estimate of drug-likeness (QED) is 0.243. The molecule has 2 rings (SSSR count). The van der Waals surface area contributed by atoms with Crippen LogP contribution in [0.4, 0.5) is 0 Å². The monoisotopic (exact) mass is 489 g/mol. The van der Waals surface area contributed by atoms with Gasteiger partial charge in [-0.2, -0.15) is 11.8 Å². The number of nitrogens with zero attached hydrogens (tertiary/aromatic N) is 5. The van der Waals surface area contributed by atoms with Crippen LogP contribution in [0.25, 0.3) is 0 Å². The number of hydrogen-bond donors (Lipinski definition) is 2. The van der Waals surface area contributed by atoms with Crippen LogP contribution in [0, 0.1) is 6.92 Å². The average molecular weight is 489 g/mol. The normalized spacial score (nSPS) is 11.1. The van der Waals surface area contributed by atoms with Crippen molar-refractivity contribution in [2.75, 3.05) is 25.1 Å². The first-order valence-corrected chi connectivity index (χ1v) is 9.86. The molecule has 0 bridgehead atoms. The molecule has 0 saturated heterocycles. The fourth-order valence-electron chi connectivity index (χ4n) is 2.19. The third-order valence-electron chi connectivity index (χ3n) is 3.78. The third-order valence-corrected chi connectivity index (χ3v) is 4.48. The van der Waals surface area contributed by atoms with E-state index in [-0.39, 0.29) is 24.0 Å². The van der Waals surface area contributed by atoms with Gasteiger partial charge in [0, 0.05) is 38.4 Å². The van der Waals surface area contributed by atoms with Crippen LogP contribution in [-0.4, -0.2) is 50.8 Å². The minimum absolute atomic E-state index is 0. The van der Waals surface area contributed by atoms with Gasteiger partial charge in [-0.1, -0.05) is 6.07 Å². The molecule has 2 heterocycles. The maximum Gasteiger partial charge on any atom is 0.191 e. The maximum absolute atomic E-state index is 4.64. The summed E-state index contributed by atoms with van der Waals surface area (Å²) < 4.78 is 1.96. The van der Waals surface area contributed by atoms with E-state index in [4.69, 9.17) is 0 Å². The lowest BCUT2D eigenvalue weighted by molar-refractivity contribution is 0.739. The van der Waals surface area contributed by atoms with Crippen LogP contribution in [-0.2, 0) is 20.0 Å². The van der Waals surface area contributed by atoms with E-state index in [0.717, 1.165) is 55.0 Å². The molecule has 0 aliphatic rings. The Morgan fingerprint density at radius 2 is 2.04 bits per heavy atom. The smallest absolute Gasteiger partial charge is 0.191 e. The number of rotatable bonds is 9. The molecular weight excluding hydrogens is 461 g/mol. The van der Waals surface area contributed by atoms with Crippen molar-refractivity contribution in [3.63, 3.8) is 0 Å². The van der Waals surface area contributed by atoms with Crippen LogP contribution >= 0.6 is 35.7 Å². The number of aromatic nitrogens is 4. The van der Waals surface area contributed by atoms with E-state index in [1.807, 2.05) is 54.7 Å². The van der Waals surface area contributed by atoms with Gasteiger partial charge in [0.15, 0.2) is 11.8 Å². The molecule has 0 aromatic carbocycles. The van der Waals surface area contributed by atoms with Crippen molar-refractivity contribution in [3.05, 3.63) is 41.7 Å². The fraction of sp³-hybridized carbons (Fsp3) is 0.529. The Hall–Kier alpha value is -1.36. The highest BCUT2D eigenvalue weighted by Crippen LogP contribution is 1.99. The molecule has 0 radical (unpaired) electrons. The molecule has 9 heteroatoms. The second-order valence-electron chi connectivity index (χ2n) is 5.66. The summed E-state index contributed by atoms with van der Waals surface area (Å²) in [4.78, 5) is 8.99. The Kier molecular flexibility index (Phi) is 11.3. The van der Waals surface area contributed by atoms with Crippen molar-refractivity contribution >= 4 is 41.7 Å². The Bertz CT molecular complexity index is 660. The van der Waals surface area contributed by atoms with Crippen molar-refractivity contribution in [2.24, 2.45) is 12.0 Å². The lowest BCUT2D eigenvalue weighted by Gasteiger charge is -2.12. The van der Waals surface area contributed by atoms with Crippen LogP contribution in [0.1, 0.15) is 23.8 Å². The first-order chi connectivity index (χ1) is 12.2. The number of aliphatic imine (C=N–C) groups is 1. The predicted octanol–water partition coefficient (Wildman–Crippen LogP) is 2.17. The highest BCUT2D eigenvalue weighted by atomic mass is 127. The molecule has 26 heavy (non-hydrogen) atoms. The second kappa shape index (κ2) is 12.9. The topological polar surface area (TPSA) is 80.0 Å². The van der Waals surface area contributed by atoms with Gasteiger partial charge in [-0.25, -0.2) is 4.99 Å². The standard InChI is InChI=1S/C17H27N7S.HI/c1-14-22-23-16(24(14)2)13-21-17(19-10-6-12-25-3)20-11-8-15-7-4-5-9-18-15;/h4-5,7,9H,6,8,10-13H2,1-3H3,(H2,19,20,21);1H. The molecule has 0 fully saturated rings. The highest BCUT2D eigenvalue weighted by molar-refractivity contribution is 14.0. The van der Waals surface area contributed by atoms with E-state index in [1.165, 1.54) is 0 Å². The molecule has 0 saturated carbocycles. The van der Waals surface area contributed by atoms with Gasteiger partial charge in [0.2, 0.25) is 0 Å². The Labute approximate surface area is 176 Å². The minimum Gasteiger partial charge on any atom is -0.356 e. The SMILES string of the molecule is CSCCCNC(=NCc1nnc(C)n1C)NCCc1ccccn1.I. The van der Waals surface area contributed by atoms with Gasteiger partial charge in [-0.05, 0) is 37.5 Å². The lowest BCUT2D eigenvalue weighted by atomic mass is 10.3. The zero-order valence-corrected chi connectivity index (χ0v) is 18.8. The number of halogens is 1. The van der Waals surface area contributed by atoms with Crippen LogP contribution < -0.4 is 10.6 Å². The van der Waals surface area contributed by atoms with Crippen LogP contribution in [0.15, 0.2) is 29.4 Å². The Morgan fingerprint density at radius 3 is 2.69 bits per heavy atom. The first-order valence-electron chi connectivity index (χ1n) is 8.46. The Morgan fingerprint density at radius 1 is 1.23 bits per heavy atom. The molecular formula is C17H28IN7S. The van der Waals surface area contributed by atoms with Crippen LogP contribution in [0.5, 0.6) is 0 Å². The van der Waals surface area contributed by atoms with Gasteiger partial charge in [0.1, 0.15) is 12.4 Å². The summed E-state index contributed by atoms with van der Waals surface area (Å²) in [5.74, 6) is 3.68. The van der Waals surface area contributed by atoms with E-state index in [1.54, 1.807) is 0 Å². The first kappa shape index (κ1) is 22.7. The largest absolute Gasteiger partial charge is 0.356 e. The molecule has 144 valence electrons. The number of thioether (sulfide) groups is 1. The summed E-state index contributed by atoms with van der Waals surface area (Å²) in [6, 6.07) is 5.97. The third kappa shape index (κ3) is 7.90. The van der Waals surface area contributed by atoms with Gasteiger partial charge < -0.3 is 15.2 Å². The van der Waals surface area contributed by atoms with Gasteiger partial charge in [0.25, 0.3) is 0 Å². The van der Waals surface area contributed by atoms with E-state index in [0.29, 0.717) is 6.54 Å². The molecule has 0 unspecified atom stereocenters. The van der Waals surface area contributed by atoms with Gasteiger partial charge in [-0.15, -0.1) is 34.2 Å². The predicted molar refractivity (Wildman–Crippen MR) is 119 cm³/mol. The molecule has 7 nitrogen and oxygen atoms in total. The number of hydrogen-bond acceptors (Lipinski definition) is 5. The number of nitrogens with one attached hydrogen (secondary N) is 2. The van der Waals surface area contributed by atoms with Crippen molar-refractivity contribution in [3.8, 4) is 0 Å². The Balaban J connectivity index is 0.00000338. The number of guanidine groups is 1. The zero-order chi connectivity index (χ0) is 17.9. The van der Waals surface area contributed by atoms with E-state index < -0.39 is 0 Å². The highest BCUT2D eigenvalue weighted by Gasteiger charge is 2.05. The zero-order valence-electron chi connectivity index (χ0n) is 15.6. The van der Waals surface area contributed by atoms with E-state index >= 15 is 0 Å². The van der Waals surface area contributed by atoms with Gasteiger partial charge in [-0.3, -0.25) is 4.98 Å². The van der Waals surface area contributed by atoms with E-state index in [9.17, 15) is 0 Å². The van der Waals surface area contributed by atoms with Crippen LogP contribution in [0.3, 0.4) is 0 Å². The van der Waals surface area contributed by atoms with Gasteiger partial charge >= 0.3 is 0 Å². The van der Waals surface area contributed by atoms with Crippen molar-refractivity contribution in [2.45, 2.75) is 26.3 Å². The van der Waals surface area contributed by atoms with Crippen LogP contribution in [0.2, 0.25) is 0 Å². The fourth-order valence-corrected chi connectivity index (χ4v) is 2.62. The summed E-state index contributed by atoms with van der Waals surface area (Å²) >= 11 is 1.85. The van der Waals surface area contributed by atoms with Gasteiger partial charge in [0.05, 0.1) is 0 Å². The van der Waals surface area contributed by atoms with Crippen molar-refractivity contribution in [1.29, 1.82) is 0 Å². The maximum atomic E-state index is 4.64. The summed E-state index contributed by atoms with van der Waals surface area (Å²) in [5, 5.41) is 15.0. The number of aryl methyl sites for hydroxylation is 1. The minimum atomic E-state index is 0. The molecule has 0 aliphatic heterocycles. The summed E-state index contributed by atoms with van der Waals surface area (Å²) in [5.41, 5.74) is 1.07. The molecule has 2 N–H and O–H groups in total. The average Bonchev–Trinajstić information content (AvgIpc) is 2.95. The molecule has 0 aliphatic carbocycles. The molecule has 2 aromatic heterocycles.